The Morgan fingerprint density at radius 2 is 2.36 bits per heavy atom. The lowest BCUT2D eigenvalue weighted by Gasteiger charge is -2.26. The van der Waals surface area contributed by atoms with Gasteiger partial charge in [0.25, 0.3) is 0 Å². The Bertz CT molecular complexity index is 227. The second kappa shape index (κ2) is 3.89. The second-order valence-corrected chi connectivity index (χ2v) is 3.50. The second-order valence-electron chi connectivity index (χ2n) is 3.50. The summed E-state index contributed by atoms with van der Waals surface area (Å²) >= 11 is 0. The average Bonchev–Trinajstić information content (AvgIpc) is 2.53. The van der Waals surface area contributed by atoms with Gasteiger partial charge in [-0.15, -0.1) is 0 Å². The molecule has 0 aromatic carbocycles. The fraction of sp³-hybridized carbons (Fsp3) is 0.455. The van der Waals surface area contributed by atoms with Crippen molar-refractivity contribution < 1.29 is 14.3 Å². The maximum Gasteiger partial charge on any atom is 0.316 e. The van der Waals surface area contributed by atoms with Crippen LogP contribution >= 0.6 is 0 Å². The monoisotopic (exact) mass is 193 g/mol. The van der Waals surface area contributed by atoms with Gasteiger partial charge in [0, 0.05) is 12.5 Å². The van der Waals surface area contributed by atoms with Gasteiger partial charge in [0.2, 0.25) is 0 Å². The van der Waals surface area contributed by atoms with E-state index in [-0.39, 0.29) is 5.97 Å². The smallest absolute Gasteiger partial charge is 0.316 e. The van der Waals surface area contributed by atoms with Crippen molar-refractivity contribution in [2.24, 2.45) is 0 Å². The molecular formula is C11H13O3. The molecule has 2 rings (SSSR count). The lowest BCUT2D eigenvalue weighted by molar-refractivity contribution is -0.138. The van der Waals surface area contributed by atoms with E-state index in [1.54, 1.807) is 0 Å². The third-order valence-electron chi connectivity index (χ3n) is 2.53. The van der Waals surface area contributed by atoms with E-state index in [4.69, 9.17) is 9.47 Å². The lowest BCUT2D eigenvalue weighted by Crippen LogP contribution is -2.26. The molecule has 1 heterocycles. The number of carbonyl (C=O) groups is 1. The van der Waals surface area contributed by atoms with Crippen molar-refractivity contribution in [2.75, 3.05) is 13.7 Å². The maximum absolute atomic E-state index is 11.5. The van der Waals surface area contributed by atoms with E-state index in [1.807, 2.05) is 13.3 Å². The fourth-order valence-corrected chi connectivity index (χ4v) is 1.88. The van der Waals surface area contributed by atoms with Crippen molar-refractivity contribution in [3.8, 4) is 0 Å². The fourth-order valence-electron chi connectivity index (χ4n) is 1.88. The molecule has 0 amide bonds. The van der Waals surface area contributed by atoms with Gasteiger partial charge in [-0.3, -0.25) is 4.79 Å². The van der Waals surface area contributed by atoms with Crippen molar-refractivity contribution in [1.29, 1.82) is 0 Å². The van der Waals surface area contributed by atoms with Crippen LogP contribution in [0.3, 0.4) is 0 Å². The summed E-state index contributed by atoms with van der Waals surface area (Å²) in [4.78, 5) is 11.5. The van der Waals surface area contributed by atoms with E-state index >= 15 is 0 Å². The molecule has 0 unspecified atom stereocenters. The van der Waals surface area contributed by atoms with Crippen LogP contribution in [0.5, 0.6) is 0 Å². The molecule has 0 atom stereocenters. The molecule has 2 aliphatic rings. The molecule has 0 aromatic heterocycles. The molecule has 1 aliphatic carbocycles. The topological polar surface area (TPSA) is 35.5 Å². The highest BCUT2D eigenvalue weighted by Crippen LogP contribution is 2.51. The molecule has 0 N–H and O–H groups in total. The number of fused-ring (bicyclic) bond motifs is 1. The number of rotatable bonds is 1. The molecule has 3 nitrogen and oxygen atoms in total. The van der Waals surface area contributed by atoms with Crippen molar-refractivity contribution in [3.05, 3.63) is 30.3 Å². The highest BCUT2D eigenvalue weighted by molar-refractivity contribution is 5.95. The van der Waals surface area contributed by atoms with Gasteiger partial charge in [0.05, 0.1) is 7.11 Å². The quantitative estimate of drug-likeness (QED) is 0.591. The first-order valence-corrected chi connectivity index (χ1v) is 4.74. The Morgan fingerprint density at radius 1 is 1.57 bits per heavy atom. The van der Waals surface area contributed by atoms with Gasteiger partial charge in [-0.25, -0.2) is 0 Å². The average molecular weight is 193 g/mol. The zero-order valence-corrected chi connectivity index (χ0v) is 8.42. The first-order valence-electron chi connectivity index (χ1n) is 4.74. The lowest BCUT2D eigenvalue weighted by atomic mass is 9.93. The van der Waals surface area contributed by atoms with Crippen LogP contribution in [0.1, 0.15) is 19.8 Å². The zero-order chi connectivity index (χ0) is 10.1. The highest BCUT2D eigenvalue weighted by Gasteiger charge is 2.50. The Hall–Kier alpha value is -0.570. The maximum atomic E-state index is 11.5. The molecule has 1 saturated carbocycles. The summed E-state index contributed by atoms with van der Waals surface area (Å²) in [5, 5.41) is 0. The molecule has 14 heavy (non-hydrogen) atoms. The predicted octanol–water partition coefficient (Wildman–Crippen LogP) is 1.46. The number of hydrogen-bond donors (Lipinski definition) is 0. The Morgan fingerprint density at radius 3 is 3.07 bits per heavy atom. The van der Waals surface area contributed by atoms with Crippen LogP contribution in [0, 0.1) is 30.3 Å². The van der Waals surface area contributed by atoms with Gasteiger partial charge in [0.1, 0.15) is 12.0 Å². The van der Waals surface area contributed by atoms with E-state index in [0.717, 1.165) is 30.8 Å². The molecule has 0 spiro atoms. The summed E-state index contributed by atoms with van der Waals surface area (Å²) in [5.41, 5.74) is 0. The van der Waals surface area contributed by atoms with Gasteiger partial charge in [-0.1, -0.05) is 6.92 Å². The number of hydrogen-bond acceptors (Lipinski definition) is 3. The molecule has 75 valence electrons. The predicted molar refractivity (Wildman–Crippen MR) is 50.1 cm³/mol. The van der Waals surface area contributed by atoms with Crippen molar-refractivity contribution in [3.63, 3.8) is 0 Å². The molecule has 2 fully saturated rings. The van der Waals surface area contributed by atoms with Gasteiger partial charge in [-0.2, -0.15) is 0 Å². The summed E-state index contributed by atoms with van der Waals surface area (Å²) in [6, 6.07) is 0. The van der Waals surface area contributed by atoms with Crippen molar-refractivity contribution >= 4 is 5.97 Å². The van der Waals surface area contributed by atoms with Crippen LogP contribution in [-0.4, -0.2) is 19.7 Å². The van der Waals surface area contributed by atoms with Crippen LogP contribution in [-0.2, 0) is 14.3 Å². The van der Waals surface area contributed by atoms with Gasteiger partial charge >= 0.3 is 5.97 Å². The summed E-state index contributed by atoms with van der Waals surface area (Å²) in [6.45, 7) is 2.61. The molecular weight excluding hydrogens is 180 g/mol. The van der Waals surface area contributed by atoms with Gasteiger partial charge < -0.3 is 9.47 Å². The summed E-state index contributed by atoms with van der Waals surface area (Å²) < 4.78 is 10.2. The molecule has 5 radical (unpaired) electrons. The summed E-state index contributed by atoms with van der Waals surface area (Å²) in [7, 11) is 1.39. The third kappa shape index (κ3) is 1.54. The number of esters is 1. The highest BCUT2D eigenvalue weighted by atomic mass is 16.5. The van der Waals surface area contributed by atoms with Crippen LogP contribution in [0.15, 0.2) is 0 Å². The molecule has 1 saturated heterocycles. The Kier molecular flexibility index (Phi) is 2.77. The largest absolute Gasteiger partial charge is 0.468 e. The Labute approximate surface area is 84.8 Å². The van der Waals surface area contributed by atoms with Crippen LogP contribution in [0.4, 0.5) is 0 Å². The molecule has 3 heteroatoms. The van der Waals surface area contributed by atoms with Gasteiger partial charge in [0.15, 0.2) is 0 Å². The minimum Gasteiger partial charge on any atom is -0.468 e. The zero-order valence-electron chi connectivity index (χ0n) is 8.42. The molecule has 0 aromatic rings. The van der Waals surface area contributed by atoms with Crippen molar-refractivity contribution in [2.45, 2.75) is 19.8 Å². The third-order valence-corrected chi connectivity index (χ3v) is 2.53. The summed E-state index contributed by atoms with van der Waals surface area (Å²) in [6.07, 6.45) is 4.77. The number of methoxy groups -OCH3 is 1. The van der Waals surface area contributed by atoms with E-state index in [9.17, 15) is 4.79 Å². The molecule has 0 bridgehead atoms. The minimum absolute atomic E-state index is 0.300. The van der Waals surface area contributed by atoms with E-state index < -0.39 is 0 Å². The minimum atomic E-state index is -0.300. The van der Waals surface area contributed by atoms with Crippen LogP contribution in [0.2, 0.25) is 0 Å². The van der Waals surface area contributed by atoms with Crippen LogP contribution in [0.25, 0.3) is 0 Å². The normalized spacial score (nSPS) is 26.4. The molecule has 1 aliphatic heterocycles. The van der Waals surface area contributed by atoms with E-state index in [2.05, 4.69) is 0 Å². The van der Waals surface area contributed by atoms with E-state index in [0.29, 0.717) is 12.5 Å². The van der Waals surface area contributed by atoms with E-state index in [1.165, 1.54) is 7.11 Å². The first-order chi connectivity index (χ1) is 6.74. The number of ether oxygens (including phenoxy) is 2. The summed E-state index contributed by atoms with van der Waals surface area (Å²) in [5.74, 6) is 2.38. The number of carbonyl (C=O) groups excluding carboxylic acids is 1. The van der Waals surface area contributed by atoms with Gasteiger partial charge in [-0.05, 0) is 25.2 Å². The standard InChI is InChI=1S/C11H13O3/c1-7-6-8-4-3-5-14-10(8)9(7)11(12)13-2/h6H,3-5H2,1-2H3. The first kappa shape index (κ1) is 9.97. The Balaban J connectivity index is 2.11. The SMILES string of the molecule is COC(=O)[C]1[C](C)[CH][C]2CCCO[C]21. The van der Waals surface area contributed by atoms with Crippen molar-refractivity contribution in [1.82, 2.24) is 0 Å². The van der Waals surface area contributed by atoms with Crippen LogP contribution < -0.4 is 0 Å².